The number of carbonyl (C=O) groups is 1. The van der Waals surface area contributed by atoms with Gasteiger partial charge in [-0.25, -0.2) is 0 Å². The molecule has 1 aliphatic heterocycles. The van der Waals surface area contributed by atoms with Gasteiger partial charge in [0.05, 0.1) is 25.8 Å². The van der Waals surface area contributed by atoms with Crippen LogP contribution in [0.5, 0.6) is 5.75 Å². The van der Waals surface area contributed by atoms with Crippen LogP contribution < -0.4 is 4.74 Å². The lowest BCUT2D eigenvalue weighted by Crippen LogP contribution is -2.40. The SMILES string of the molecule is CC[C@@H](O[N+](=O)[O-])[C@H](O[N+](=O)[O-])[C@@H](CC(=O)Oc1cncc2c1COC2)c1ccc(Cl)cc1. The van der Waals surface area contributed by atoms with Gasteiger partial charge in [0.1, 0.15) is 12.2 Å². The standard InChI is InChI=1S/C20H20ClN3O9/c1-2-17(32-23(26)27)20(33-24(28)29)15(12-3-5-14(21)6-4-12)7-19(25)31-18-9-22-8-13-10-30-11-16(13)18/h3-6,8-9,15,17,20H,2,7,10-11H2,1H3/t15-,17+,20+/m0/s1. The Bertz CT molecular complexity index is 1020. The first kappa shape index (κ1) is 24.1. The molecule has 0 radical (unpaired) electrons. The number of nitrogens with zero attached hydrogens (tertiary/aromatic N) is 3. The number of ether oxygens (including phenoxy) is 2. The summed E-state index contributed by atoms with van der Waals surface area (Å²) in [4.78, 5) is 48.5. The number of carbonyl (C=O) groups excluding carboxylic acids is 1. The molecule has 0 saturated carbocycles. The van der Waals surface area contributed by atoms with Crippen molar-refractivity contribution in [2.45, 2.75) is 51.1 Å². The van der Waals surface area contributed by atoms with Gasteiger partial charge in [-0.3, -0.25) is 9.78 Å². The Hall–Kier alpha value is -3.51. The van der Waals surface area contributed by atoms with E-state index in [0.717, 1.165) is 5.56 Å². The number of fused-ring (bicyclic) bond motifs is 1. The van der Waals surface area contributed by atoms with Crippen LogP contribution >= 0.6 is 11.6 Å². The van der Waals surface area contributed by atoms with Crippen molar-refractivity contribution in [3.05, 3.63) is 78.6 Å². The maximum atomic E-state index is 12.9. The average Bonchev–Trinajstić information content (AvgIpc) is 3.25. The van der Waals surface area contributed by atoms with Crippen LogP contribution in [0.25, 0.3) is 0 Å². The lowest BCUT2D eigenvalue weighted by molar-refractivity contribution is -0.799. The highest BCUT2D eigenvalue weighted by atomic mass is 35.5. The topological polar surface area (TPSA) is 153 Å². The third kappa shape index (κ3) is 6.26. The molecular weight excluding hydrogens is 462 g/mol. The Labute approximate surface area is 192 Å². The van der Waals surface area contributed by atoms with Gasteiger partial charge in [-0.1, -0.05) is 30.7 Å². The van der Waals surface area contributed by atoms with E-state index in [1.165, 1.54) is 18.3 Å². The van der Waals surface area contributed by atoms with Gasteiger partial charge in [-0.15, -0.1) is 20.2 Å². The Kier molecular flexibility index (Phi) is 7.96. The van der Waals surface area contributed by atoms with Gasteiger partial charge in [-0.2, -0.15) is 0 Å². The fourth-order valence-electron chi connectivity index (χ4n) is 3.60. The molecule has 0 bridgehead atoms. The van der Waals surface area contributed by atoms with Gasteiger partial charge in [0.15, 0.2) is 5.75 Å². The number of esters is 1. The fourth-order valence-corrected chi connectivity index (χ4v) is 3.73. The number of benzene rings is 1. The van der Waals surface area contributed by atoms with Gasteiger partial charge in [0.2, 0.25) is 0 Å². The molecule has 0 N–H and O–H groups in total. The zero-order valence-electron chi connectivity index (χ0n) is 17.4. The zero-order chi connectivity index (χ0) is 24.0. The van der Waals surface area contributed by atoms with Gasteiger partial charge in [-0.05, 0) is 24.1 Å². The van der Waals surface area contributed by atoms with Crippen LogP contribution in [0.15, 0.2) is 36.7 Å². The summed E-state index contributed by atoms with van der Waals surface area (Å²) in [7, 11) is 0. The van der Waals surface area contributed by atoms with E-state index in [-0.39, 0.29) is 18.8 Å². The second-order valence-corrected chi connectivity index (χ2v) is 7.61. The third-order valence-electron chi connectivity index (χ3n) is 5.11. The quantitative estimate of drug-likeness (QED) is 0.265. The first-order chi connectivity index (χ1) is 15.8. The minimum Gasteiger partial charge on any atom is -0.424 e. The summed E-state index contributed by atoms with van der Waals surface area (Å²) in [5.41, 5.74) is 1.89. The molecule has 0 spiro atoms. The van der Waals surface area contributed by atoms with E-state index in [0.29, 0.717) is 22.8 Å². The summed E-state index contributed by atoms with van der Waals surface area (Å²) in [6, 6.07) is 6.15. The molecule has 3 rings (SSSR count). The minimum absolute atomic E-state index is 0.00603. The Morgan fingerprint density at radius 1 is 1.15 bits per heavy atom. The van der Waals surface area contributed by atoms with E-state index < -0.39 is 40.7 Å². The largest absolute Gasteiger partial charge is 0.424 e. The van der Waals surface area contributed by atoms with E-state index in [1.807, 2.05) is 0 Å². The molecule has 0 unspecified atom stereocenters. The molecule has 33 heavy (non-hydrogen) atoms. The highest BCUT2D eigenvalue weighted by Crippen LogP contribution is 2.33. The van der Waals surface area contributed by atoms with Crippen LogP contribution in [0.1, 0.15) is 42.4 Å². The molecule has 12 nitrogen and oxygen atoms in total. The van der Waals surface area contributed by atoms with E-state index in [9.17, 15) is 25.0 Å². The van der Waals surface area contributed by atoms with Crippen LogP contribution in [-0.4, -0.2) is 33.3 Å². The molecule has 3 atom stereocenters. The molecule has 1 aromatic carbocycles. The first-order valence-electron chi connectivity index (χ1n) is 9.90. The van der Waals surface area contributed by atoms with Gasteiger partial charge in [0.25, 0.3) is 10.2 Å². The molecule has 2 heterocycles. The number of hydrogen-bond donors (Lipinski definition) is 0. The van der Waals surface area contributed by atoms with Crippen molar-refractivity contribution in [1.29, 1.82) is 0 Å². The second kappa shape index (κ2) is 10.9. The fraction of sp³-hybridized carbons (Fsp3) is 0.400. The molecule has 0 saturated heterocycles. The Balaban J connectivity index is 1.91. The van der Waals surface area contributed by atoms with Crippen molar-refractivity contribution in [1.82, 2.24) is 4.98 Å². The van der Waals surface area contributed by atoms with Crippen LogP contribution in [-0.2, 0) is 32.4 Å². The van der Waals surface area contributed by atoms with Crippen LogP contribution in [0.3, 0.4) is 0 Å². The monoisotopic (exact) mass is 481 g/mol. The van der Waals surface area contributed by atoms with Crippen molar-refractivity contribution in [2.24, 2.45) is 0 Å². The third-order valence-corrected chi connectivity index (χ3v) is 5.37. The van der Waals surface area contributed by atoms with E-state index in [1.54, 1.807) is 25.3 Å². The summed E-state index contributed by atoms with van der Waals surface area (Å²) in [6.07, 6.45) is -0.216. The lowest BCUT2D eigenvalue weighted by Gasteiger charge is -2.30. The summed E-state index contributed by atoms with van der Waals surface area (Å²) in [5, 5.41) is 20.4. The lowest BCUT2D eigenvalue weighted by atomic mass is 9.86. The maximum Gasteiger partial charge on any atom is 0.311 e. The smallest absolute Gasteiger partial charge is 0.311 e. The highest BCUT2D eigenvalue weighted by Gasteiger charge is 2.37. The number of pyridine rings is 1. The van der Waals surface area contributed by atoms with Crippen molar-refractivity contribution >= 4 is 17.6 Å². The maximum absolute atomic E-state index is 12.9. The molecule has 0 fully saturated rings. The van der Waals surface area contributed by atoms with Crippen molar-refractivity contribution in [2.75, 3.05) is 0 Å². The summed E-state index contributed by atoms with van der Waals surface area (Å²) in [5.74, 6) is -1.55. The molecule has 0 aliphatic carbocycles. The second-order valence-electron chi connectivity index (χ2n) is 7.17. The number of halogens is 1. The van der Waals surface area contributed by atoms with E-state index in [4.69, 9.17) is 25.9 Å². The van der Waals surface area contributed by atoms with Crippen molar-refractivity contribution in [3.63, 3.8) is 0 Å². The van der Waals surface area contributed by atoms with Crippen LogP contribution in [0.4, 0.5) is 0 Å². The Morgan fingerprint density at radius 2 is 1.85 bits per heavy atom. The van der Waals surface area contributed by atoms with Gasteiger partial charge >= 0.3 is 5.97 Å². The molecule has 1 aliphatic rings. The van der Waals surface area contributed by atoms with Gasteiger partial charge in [0, 0.05) is 28.3 Å². The van der Waals surface area contributed by atoms with E-state index >= 15 is 0 Å². The summed E-state index contributed by atoms with van der Waals surface area (Å²) >= 11 is 5.94. The Morgan fingerprint density at radius 3 is 2.48 bits per heavy atom. The van der Waals surface area contributed by atoms with Crippen molar-refractivity contribution < 1.29 is 34.1 Å². The minimum atomic E-state index is -1.48. The average molecular weight is 482 g/mol. The number of aromatic nitrogens is 1. The molecule has 2 aromatic rings. The van der Waals surface area contributed by atoms with Crippen LogP contribution in [0, 0.1) is 20.2 Å². The number of rotatable bonds is 11. The summed E-state index contributed by atoms with van der Waals surface area (Å²) in [6.45, 7) is 2.14. The molecule has 0 amide bonds. The normalized spacial score (nSPS) is 15.1. The molecule has 176 valence electrons. The summed E-state index contributed by atoms with van der Waals surface area (Å²) < 4.78 is 10.8. The van der Waals surface area contributed by atoms with Crippen LogP contribution in [0.2, 0.25) is 5.02 Å². The molecular formula is C20H20ClN3O9. The van der Waals surface area contributed by atoms with E-state index in [2.05, 4.69) is 9.82 Å². The zero-order valence-corrected chi connectivity index (χ0v) is 18.2. The van der Waals surface area contributed by atoms with Gasteiger partial charge < -0.3 is 19.1 Å². The predicted octanol–water partition coefficient (Wildman–Crippen LogP) is 3.41. The highest BCUT2D eigenvalue weighted by molar-refractivity contribution is 6.30. The van der Waals surface area contributed by atoms with Crippen molar-refractivity contribution in [3.8, 4) is 5.75 Å². The number of hydrogen-bond acceptors (Lipinski definition) is 10. The molecule has 1 aromatic heterocycles. The molecule has 13 heteroatoms. The predicted molar refractivity (Wildman–Crippen MR) is 111 cm³/mol. The first-order valence-corrected chi connectivity index (χ1v) is 10.3.